The van der Waals surface area contributed by atoms with Crippen LogP contribution in [-0.2, 0) is 6.42 Å². The van der Waals surface area contributed by atoms with E-state index in [2.05, 4.69) is 39.4 Å². The number of fused-ring (bicyclic) bond motifs is 1. The van der Waals surface area contributed by atoms with Gasteiger partial charge in [0.1, 0.15) is 5.75 Å². The Morgan fingerprint density at radius 2 is 2.00 bits per heavy atom. The van der Waals surface area contributed by atoms with Crippen LogP contribution < -0.4 is 10.1 Å². The molecule has 1 atom stereocenters. The minimum Gasteiger partial charge on any atom is -0.497 e. The fraction of sp³-hybridized carbons (Fsp3) is 0.250. The molecule has 3 rings (SSSR count). The highest BCUT2D eigenvalue weighted by Gasteiger charge is 2.20. The van der Waals surface area contributed by atoms with Crippen molar-refractivity contribution in [3.05, 3.63) is 57.0 Å². The van der Waals surface area contributed by atoms with Crippen LogP contribution in [0.15, 0.2) is 40.9 Å². The fourth-order valence-corrected chi connectivity index (χ4v) is 3.10. The summed E-state index contributed by atoms with van der Waals surface area (Å²) in [6.45, 7) is 0. The molecule has 0 saturated carbocycles. The minimum absolute atomic E-state index is 0.335. The molecule has 0 saturated heterocycles. The molecule has 1 aliphatic heterocycles. The van der Waals surface area contributed by atoms with Crippen molar-refractivity contribution in [2.75, 3.05) is 12.4 Å². The fourth-order valence-electron chi connectivity index (χ4n) is 2.58. The van der Waals surface area contributed by atoms with Crippen LogP contribution in [0, 0.1) is 0 Å². The molecule has 104 valence electrons. The van der Waals surface area contributed by atoms with E-state index in [4.69, 9.17) is 16.3 Å². The quantitative estimate of drug-likeness (QED) is 0.801. The predicted octanol–water partition coefficient (Wildman–Crippen LogP) is 5.21. The lowest BCUT2D eigenvalue weighted by atomic mass is 9.93. The van der Waals surface area contributed by atoms with Crippen molar-refractivity contribution >= 4 is 33.2 Å². The molecular weight excluding hydrogens is 338 g/mol. The molecule has 2 nitrogen and oxygen atoms in total. The van der Waals surface area contributed by atoms with Crippen LogP contribution in [0.1, 0.15) is 23.6 Å². The standard InChI is InChI=1S/C16H15BrClNO/c1-20-12-5-2-10(3-6-12)15-7-4-11-8-14(18)13(17)9-16(11)19-15/h2-3,5-6,8-9,15,19H,4,7H2,1H3. The van der Waals surface area contributed by atoms with Gasteiger partial charge in [0.15, 0.2) is 0 Å². The number of hydrogen-bond donors (Lipinski definition) is 1. The van der Waals surface area contributed by atoms with E-state index in [9.17, 15) is 0 Å². The summed E-state index contributed by atoms with van der Waals surface area (Å²) < 4.78 is 6.13. The highest BCUT2D eigenvalue weighted by Crippen LogP contribution is 2.37. The number of aryl methyl sites for hydroxylation is 1. The number of anilines is 1. The van der Waals surface area contributed by atoms with Crippen LogP contribution in [0.3, 0.4) is 0 Å². The van der Waals surface area contributed by atoms with E-state index < -0.39 is 0 Å². The second-order valence-electron chi connectivity index (χ2n) is 4.93. The molecule has 0 aliphatic carbocycles. The minimum atomic E-state index is 0.335. The zero-order valence-electron chi connectivity index (χ0n) is 11.1. The number of nitrogens with one attached hydrogen (secondary N) is 1. The van der Waals surface area contributed by atoms with Crippen LogP contribution in [-0.4, -0.2) is 7.11 Å². The van der Waals surface area contributed by atoms with E-state index in [0.717, 1.165) is 33.8 Å². The zero-order chi connectivity index (χ0) is 14.1. The van der Waals surface area contributed by atoms with Crippen molar-refractivity contribution in [1.29, 1.82) is 0 Å². The van der Waals surface area contributed by atoms with E-state index in [-0.39, 0.29) is 0 Å². The molecule has 2 aromatic carbocycles. The Morgan fingerprint density at radius 1 is 1.25 bits per heavy atom. The lowest BCUT2D eigenvalue weighted by molar-refractivity contribution is 0.414. The first-order valence-corrected chi connectivity index (χ1v) is 7.73. The Bertz CT molecular complexity index is 627. The molecule has 0 amide bonds. The lowest BCUT2D eigenvalue weighted by Gasteiger charge is -2.28. The third-order valence-corrected chi connectivity index (χ3v) is 4.89. The number of halogens is 2. The SMILES string of the molecule is COc1ccc(C2CCc3cc(Cl)c(Br)cc3N2)cc1. The smallest absolute Gasteiger partial charge is 0.118 e. The van der Waals surface area contributed by atoms with Crippen LogP contribution in [0.2, 0.25) is 5.02 Å². The lowest BCUT2D eigenvalue weighted by Crippen LogP contribution is -2.18. The zero-order valence-corrected chi connectivity index (χ0v) is 13.5. The number of benzene rings is 2. The molecule has 0 fully saturated rings. The Labute approximate surface area is 132 Å². The van der Waals surface area contributed by atoms with Gasteiger partial charge in [0.25, 0.3) is 0 Å². The van der Waals surface area contributed by atoms with E-state index in [1.807, 2.05) is 18.2 Å². The molecule has 1 heterocycles. The average molecular weight is 353 g/mol. The Balaban J connectivity index is 1.85. The summed E-state index contributed by atoms with van der Waals surface area (Å²) in [5.41, 5.74) is 3.72. The monoisotopic (exact) mass is 351 g/mol. The van der Waals surface area contributed by atoms with Gasteiger partial charge in [-0.2, -0.15) is 0 Å². The first-order chi connectivity index (χ1) is 9.67. The third kappa shape index (κ3) is 2.65. The Morgan fingerprint density at radius 3 is 2.70 bits per heavy atom. The van der Waals surface area contributed by atoms with Crippen LogP contribution in [0.4, 0.5) is 5.69 Å². The molecule has 4 heteroatoms. The molecule has 0 radical (unpaired) electrons. The maximum Gasteiger partial charge on any atom is 0.118 e. The maximum atomic E-state index is 6.14. The number of hydrogen-bond acceptors (Lipinski definition) is 2. The van der Waals surface area contributed by atoms with Gasteiger partial charge >= 0.3 is 0 Å². The van der Waals surface area contributed by atoms with E-state index in [1.54, 1.807) is 7.11 Å². The number of rotatable bonds is 2. The second kappa shape index (κ2) is 5.66. The number of ether oxygens (including phenoxy) is 1. The third-order valence-electron chi connectivity index (χ3n) is 3.70. The van der Waals surface area contributed by atoms with Gasteiger partial charge in [0.05, 0.1) is 18.2 Å². The summed E-state index contributed by atoms with van der Waals surface area (Å²) in [7, 11) is 1.69. The van der Waals surface area contributed by atoms with E-state index in [0.29, 0.717) is 6.04 Å². The first-order valence-electron chi connectivity index (χ1n) is 6.56. The average Bonchev–Trinajstić information content (AvgIpc) is 2.48. The van der Waals surface area contributed by atoms with Gasteiger partial charge in [-0.1, -0.05) is 23.7 Å². The highest BCUT2D eigenvalue weighted by atomic mass is 79.9. The van der Waals surface area contributed by atoms with Crippen molar-refractivity contribution in [1.82, 2.24) is 0 Å². The summed E-state index contributed by atoms with van der Waals surface area (Å²) in [6, 6.07) is 12.7. The highest BCUT2D eigenvalue weighted by molar-refractivity contribution is 9.10. The summed E-state index contributed by atoms with van der Waals surface area (Å²) in [5, 5.41) is 4.36. The number of methoxy groups -OCH3 is 1. The molecule has 20 heavy (non-hydrogen) atoms. The van der Waals surface area contributed by atoms with Crippen molar-refractivity contribution in [2.45, 2.75) is 18.9 Å². The molecule has 2 aromatic rings. The Hall–Kier alpha value is -1.19. The molecule has 1 aliphatic rings. The molecule has 0 spiro atoms. The van der Waals surface area contributed by atoms with Crippen LogP contribution in [0.5, 0.6) is 5.75 Å². The van der Waals surface area contributed by atoms with Crippen molar-refractivity contribution in [2.24, 2.45) is 0 Å². The normalized spacial score (nSPS) is 17.2. The summed E-state index contributed by atoms with van der Waals surface area (Å²) in [6.07, 6.45) is 2.10. The molecule has 1 unspecified atom stereocenters. The van der Waals surface area contributed by atoms with Gasteiger partial charge in [-0.25, -0.2) is 0 Å². The van der Waals surface area contributed by atoms with Crippen molar-refractivity contribution in [3.8, 4) is 5.75 Å². The van der Waals surface area contributed by atoms with Gasteiger partial charge in [0.2, 0.25) is 0 Å². The van der Waals surface area contributed by atoms with Crippen molar-refractivity contribution in [3.63, 3.8) is 0 Å². The summed E-state index contributed by atoms with van der Waals surface area (Å²) >= 11 is 9.62. The van der Waals surface area contributed by atoms with Crippen LogP contribution >= 0.6 is 27.5 Å². The van der Waals surface area contributed by atoms with Gasteiger partial charge in [-0.3, -0.25) is 0 Å². The van der Waals surface area contributed by atoms with Gasteiger partial charge in [-0.05, 0) is 64.2 Å². The van der Waals surface area contributed by atoms with Gasteiger partial charge in [-0.15, -0.1) is 0 Å². The molecular formula is C16H15BrClNO. The van der Waals surface area contributed by atoms with Gasteiger partial charge < -0.3 is 10.1 Å². The predicted molar refractivity (Wildman–Crippen MR) is 86.8 cm³/mol. The molecule has 0 aromatic heterocycles. The van der Waals surface area contributed by atoms with Crippen molar-refractivity contribution < 1.29 is 4.74 Å². The Kier molecular flexibility index (Phi) is 3.90. The first kappa shape index (κ1) is 13.8. The molecule has 0 bridgehead atoms. The second-order valence-corrected chi connectivity index (χ2v) is 6.19. The molecule has 1 N–H and O–H groups in total. The topological polar surface area (TPSA) is 21.3 Å². The van der Waals surface area contributed by atoms with Crippen LogP contribution in [0.25, 0.3) is 0 Å². The summed E-state index contributed by atoms with van der Waals surface area (Å²) in [5.74, 6) is 0.888. The van der Waals surface area contributed by atoms with E-state index >= 15 is 0 Å². The van der Waals surface area contributed by atoms with E-state index in [1.165, 1.54) is 11.1 Å². The summed E-state index contributed by atoms with van der Waals surface area (Å²) in [4.78, 5) is 0. The maximum absolute atomic E-state index is 6.14. The van der Waals surface area contributed by atoms with Gasteiger partial charge in [0, 0.05) is 10.2 Å². The largest absolute Gasteiger partial charge is 0.497 e.